The Labute approximate surface area is 188 Å². The predicted octanol–water partition coefficient (Wildman–Crippen LogP) is 2.22. The van der Waals surface area contributed by atoms with Crippen molar-refractivity contribution in [2.45, 2.75) is 71.0 Å². The molecule has 0 aliphatic heterocycles. The van der Waals surface area contributed by atoms with Gasteiger partial charge in [-0.05, 0) is 50.2 Å². The summed E-state index contributed by atoms with van der Waals surface area (Å²) >= 11 is 0. The summed E-state index contributed by atoms with van der Waals surface area (Å²) in [6, 6.07) is 5.72. The fourth-order valence-corrected chi connectivity index (χ4v) is 2.94. The maximum absolute atomic E-state index is 11.9. The Hall–Kier alpha value is -3.30. The van der Waals surface area contributed by atoms with E-state index in [2.05, 4.69) is 28.2 Å². The minimum atomic E-state index is -1.28. The van der Waals surface area contributed by atoms with Gasteiger partial charge in [-0.15, -0.1) is 0 Å². The van der Waals surface area contributed by atoms with Crippen molar-refractivity contribution in [3.05, 3.63) is 35.4 Å². The topological polar surface area (TPSA) is 157 Å². The molecule has 0 unspecified atom stereocenters. The third kappa shape index (κ3) is 11.8. The van der Waals surface area contributed by atoms with E-state index in [1.807, 2.05) is 24.3 Å². The normalized spacial score (nSPS) is 12.3. The Balaban J connectivity index is 2.16. The molecule has 32 heavy (non-hydrogen) atoms. The molecule has 0 aliphatic carbocycles. The largest absolute Gasteiger partial charge is 0.481 e. The summed E-state index contributed by atoms with van der Waals surface area (Å²) in [4.78, 5) is 45.5. The summed E-state index contributed by atoms with van der Waals surface area (Å²) in [5.74, 6) is -2.41. The van der Waals surface area contributed by atoms with Crippen molar-refractivity contribution in [2.75, 3.05) is 6.54 Å². The average Bonchev–Trinajstić information content (AvgIpc) is 2.74. The Morgan fingerprint density at radius 1 is 0.875 bits per heavy atom. The number of aryl methyl sites for hydroxylation is 1. The summed E-state index contributed by atoms with van der Waals surface area (Å²) in [6.45, 7) is 4.83. The summed E-state index contributed by atoms with van der Waals surface area (Å²) < 4.78 is 0. The molecule has 0 saturated carbocycles. The molecule has 0 radical (unpaired) electrons. The van der Waals surface area contributed by atoms with Crippen molar-refractivity contribution < 1.29 is 29.4 Å². The summed E-state index contributed by atoms with van der Waals surface area (Å²) in [5.41, 5.74) is 2.28. The highest BCUT2D eigenvalue weighted by Gasteiger charge is 2.21. The molecule has 0 fully saturated rings. The minimum absolute atomic E-state index is 0.190. The molecule has 178 valence electrons. The van der Waals surface area contributed by atoms with Crippen LogP contribution in [0, 0.1) is 0 Å². The van der Waals surface area contributed by atoms with Crippen LogP contribution in [0.25, 0.3) is 0 Å². The monoisotopic (exact) mass is 450 g/mol. The highest BCUT2D eigenvalue weighted by Crippen LogP contribution is 2.05. The number of hydrogen-bond acceptors (Lipinski definition) is 4. The quantitative estimate of drug-likeness (QED) is 0.239. The van der Waals surface area contributed by atoms with Crippen LogP contribution in [0.1, 0.15) is 57.1 Å². The third-order valence-electron chi connectivity index (χ3n) is 4.86. The number of carbonyl (C=O) groups is 4. The van der Waals surface area contributed by atoms with Crippen molar-refractivity contribution >= 4 is 24.0 Å². The number of nitrogens with one attached hydrogen (secondary N) is 4. The molecule has 0 aliphatic rings. The molecule has 1 rings (SSSR count). The Morgan fingerprint density at radius 3 is 2.12 bits per heavy atom. The fourth-order valence-electron chi connectivity index (χ4n) is 2.94. The Bertz CT molecular complexity index is 753. The molecule has 10 heteroatoms. The third-order valence-corrected chi connectivity index (χ3v) is 4.86. The van der Waals surface area contributed by atoms with Crippen molar-refractivity contribution in [2.24, 2.45) is 0 Å². The molecule has 0 aromatic heterocycles. The molecule has 1 aromatic rings. The van der Waals surface area contributed by atoms with Crippen LogP contribution in [-0.4, -0.2) is 52.8 Å². The minimum Gasteiger partial charge on any atom is -0.481 e. The number of carboxylic acids is 2. The first kappa shape index (κ1) is 26.7. The lowest BCUT2D eigenvalue weighted by molar-refractivity contribution is -0.140. The van der Waals surface area contributed by atoms with Gasteiger partial charge < -0.3 is 31.5 Å². The number of aliphatic carboxylic acids is 2. The van der Waals surface area contributed by atoms with E-state index < -0.39 is 24.0 Å². The second-order valence-electron chi connectivity index (χ2n) is 7.62. The van der Waals surface area contributed by atoms with Gasteiger partial charge in [0.25, 0.3) is 0 Å². The van der Waals surface area contributed by atoms with E-state index in [0.29, 0.717) is 19.5 Å². The first-order valence-electron chi connectivity index (χ1n) is 10.8. The summed E-state index contributed by atoms with van der Waals surface area (Å²) in [6.07, 6.45) is 2.56. The molecule has 0 bridgehead atoms. The van der Waals surface area contributed by atoms with Gasteiger partial charge in [0.2, 0.25) is 0 Å². The standard InChI is InChI=1S/C22H34N4O6/c1-3-16-7-9-17(10-8-16)14-24-21(31)23-13-5-4-6-15(2)25-22(32)26-18(20(29)30)11-12-19(27)28/h7-10,15,18H,3-6,11-14H2,1-2H3,(H,27,28)(H,29,30)(H2,23,24,31)(H2,25,26,32)/t15-,18+/m1/s1. The molecular formula is C22H34N4O6. The number of carboxylic acid groups (broad SMARTS) is 2. The van der Waals surface area contributed by atoms with Gasteiger partial charge in [0.1, 0.15) is 6.04 Å². The van der Waals surface area contributed by atoms with E-state index in [-0.39, 0.29) is 24.9 Å². The molecule has 1 aromatic carbocycles. The molecule has 4 amide bonds. The molecule has 6 N–H and O–H groups in total. The zero-order valence-electron chi connectivity index (χ0n) is 18.6. The van der Waals surface area contributed by atoms with E-state index >= 15 is 0 Å². The lowest BCUT2D eigenvalue weighted by Crippen LogP contribution is -2.48. The predicted molar refractivity (Wildman–Crippen MR) is 119 cm³/mol. The van der Waals surface area contributed by atoms with Crippen molar-refractivity contribution in [1.29, 1.82) is 0 Å². The van der Waals surface area contributed by atoms with Gasteiger partial charge in [-0.3, -0.25) is 4.79 Å². The van der Waals surface area contributed by atoms with Crippen LogP contribution in [-0.2, 0) is 22.6 Å². The van der Waals surface area contributed by atoms with Gasteiger partial charge in [-0.1, -0.05) is 31.2 Å². The molecule has 2 atom stereocenters. The van der Waals surface area contributed by atoms with Crippen molar-refractivity contribution in [1.82, 2.24) is 21.3 Å². The number of amides is 4. The highest BCUT2D eigenvalue weighted by molar-refractivity contribution is 5.83. The maximum Gasteiger partial charge on any atom is 0.326 e. The van der Waals surface area contributed by atoms with Crippen LogP contribution >= 0.6 is 0 Å². The van der Waals surface area contributed by atoms with Gasteiger partial charge in [0.05, 0.1) is 0 Å². The smallest absolute Gasteiger partial charge is 0.326 e. The first-order valence-corrected chi connectivity index (χ1v) is 10.8. The first-order chi connectivity index (χ1) is 15.2. The van der Waals surface area contributed by atoms with E-state index in [1.54, 1.807) is 6.92 Å². The average molecular weight is 451 g/mol. The number of rotatable bonds is 14. The van der Waals surface area contributed by atoms with Gasteiger partial charge >= 0.3 is 24.0 Å². The SMILES string of the molecule is CCc1ccc(CNC(=O)NCCCC[C@@H](C)NC(=O)N[C@@H](CCC(=O)O)C(=O)O)cc1. The van der Waals surface area contributed by atoms with Crippen LogP contribution < -0.4 is 21.3 Å². The lowest BCUT2D eigenvalue weighted by atomic mass is 10.1. The molecule has 0 heterocycles. The van der Waals surface area contributed by atoms with Gasteiger partial charge in [0.15, 0.2) is 0 Å². The number of carbonyl (C=O) groups excluding carboxylic acids is 2. The fraction of sp³-hybridized carbons (Fsp3) is 0.545. The van der Waals surface area contributed by atoms with Gasteiger partial charge in [0, 0.05) is 25.6 Å². The number of urea groups is 2. The molecule has 0 saturated heterocycles. The van der Waals surface area contributed by atoms with Crippen LogP contribution in [0.5, 0.6) is 0 Å². The second kappa shape index (κ2) is 14.7. The van der Waals surface area contributed by atoms with Gasteiger partial charge in [-0.25, -0.2) is 14.4 Å². The number of unbranched alkanes of at least 4 members (excludes halogenated alkanes) is 1. The van der Waals surface area contributed by atoms with Crippen LogP contribution in [0.2, 0.25) is 0 Å². The van der Waals surface area contributed by atoms with Crippen LogP contribution in [0.3, 0.4) is 0 Å². The Morgan fingerprint density at radius 2 is 1.53 bits per heavy atom. The van der Waals surface area contributed by atoms with E-state index in [4.69, 9.17) is 10.2 Å². The van der Waals surface area contributed by atoms with Crippen LogP contribution in [0.15, 0.2) is 24.3 Å². The van der Waals surface area contributed by atoms with Crippen molar-refractivity contribution in [3.63, 3.8) is 0 Å². The van der Waals surface area contributed by atoms with E-state index in [1.165, 1.54) is 5.56 Å². The van der Waals surface area contributed by atoms with Crippen LogP contribution in [0.4, 0.5) is 9.59 Å². The Kier molecular flexibility index (Phi) is 12.2. The zero-order valence-corrected chi connectivity index (χ0v) is 18.6. The zero-order chi connectivity index (χ0) is 23.9. The number of hydrogen-bond donors (Lipinski definition) is 6. The molecular weight excluding hydrogens is 416 g/mol. The lowest BCUT2D eigenvalue weighted by Gasteiger charge is -2.18. The molecule has 0 spiro atoms. The highest BCUT2D eigenvalue weighted by atomic mass is 16.4. The number of benzene rings is 1. The van der Waals surface area contributed by atoms with Crippen molar-refractivity contribution in [3.8, 4) is 0 Å². The summed E-state index contributed by atoms with van der Waals surface area (Å²) in [5, 5.41) is 28.2. The van der Waals surface area contributed by atoms with E-state index in [9.17, 15) is 19.2 Å². The second-order valence-corrected chi connectivity index (χ2v) is 7.62. The van der Waals surface area contributed by atoms with Gasteiger partial charge in [-0.2, -0.15) is 0 Å². The van der Waals surface area contributed by atoms with E-state index in [0.717, 1.165) is 24.8 Å². The maximum atomic E-state index is 11.9. The summed E-state index contributed by atoms with van der Waals surface area (Å²) in [7, 11) is 0. The molecule has 10 nitrogen and oxygen atoms in total.